The molecule has 3 rings (SSSR count). The molecular formula is C10H12F3N3. The first-order chi connectivity index (χ1) is 7.55. The number of aromatic nitrogens is 2. The Morgan fingerprint density at radius 3 is 2.75 bits per heavy atom. The van der Waals surface area contributed by atoms with E-state index in [0.717, 1.165) is 17.5 Å². The van der Waals surface area contributed by atoms with Crippen LogP contribution in [0.25, 0.3) is 0 Å². The van der Waals surface area contributed by atoms with Crippen molar-refractivity contribution in [2.45, 2.75) is 37.5 Å². The van der Waals surface area contributed by atoms with E-state index in [1.165, 1.54) is 6.20 Å². The lowest BCUT2D eigenvalue weighted by atomic mass is 10.0. The minimum atomic E-state index is -4.21. The lowest BCUT2D eigenvalue weighted by Crippen LogP contribution is -2.40. The van der Waals surface area contributed by atoms with Crippen molar-refractivity contribution in [2.24, 2.45) is 5.92 Å². The van der Waals surface area contributed by atoms with Crippen molar-refractivity contribution < 1.29 is 13.2 Å². The van der Waals surface area contributed by atoms with Crippen molar-refractivity contribution in [3.8, 4) is 0 Å². The molecule has 0 aromatic carbocycles. The van der Waals surface area contributed by atoms with Gasteiger partial charge in [0.25, 0.3) is 0 Å². The number of halogens is 3. The van der Waals surface area contributed by atoms with Crippen LogP contribution in [0.15, 0.2) is 12.3 Å². The second-order valence-electron chi connectivity index (χ2n) is 4.54. The molecule has 0 spiro atoms. The third-order valence-electron chi connectivity index (χ3n) is 3.34. The molecule has 1 saturated carbocycles. The molecule has 0 radical (unpaired) electrons. The van der Waals surface area contributed by atoms with Crippen molar-refractivity contribution in [2.75, 3.05) is 5.32 Å². The number of hydrogen-bond acceptors (Lipinski definition) is 2. The van der Waals surface area contributed by atoms with Crippen LogP contribution in [0.4, 0.5) is 19.0 Å². The van der Waals surface area contributed by atoms with Gasteiger partial charge in [-0.25, -0.2) is 4.68 Å². The van der Waals surface area contributed by atoms with Crippen LogP contribution in [0, 0.1) is 5.92 Å². The highest BCUT2D eigenvalue weighted by molar-refractivity contribution is 5.39. The van der Waals surface area contributed by atoms with E-state index in [-0.39, 0.29) is 12.5 Å². The molecule has 0 unspecified atom stereocenters. The first-order valence-electron chi connectivity index (χ1n) is 5.42. The third-order valence-corrected chi connectivity index (χ3v) is 3.34. The molecule has 2 aliphatic rings. The zero-order chi connectivity index (χ0) is 11.3. The summed E-state index contributed by atoms with van der Waals surface area (Å²) in [6.07, 6.45) is -0.623. The molecule has 2 atom stereocenters. The molecule has 1 N–H and O–H groups in total. The van der Waals surface area contributed by atoms with Gasteiger partial charge in [0.15, 0.2) is 6.04 Å². The number of rotatable bonds is 1. The Balaban J connectivity index is 1.93. The normalized spacial score (nSPS) is 29.7. The Bertz CT molecular complexity index is 394. The Kier molecular flexibility index (Phi) is 1.96. The molecule has 16 heavy (non-hydrogen) atoms. The monoisotopic (exact) mass is 231 g/mol. The summed E-state index contributed by atoms with van der Waals surface area (Å²) in [4.78, 5) is 0. The van der Waals surface area contributed by atoms with E-state index in [1.807, 2.05) is 0 Å². The van der Waals surface area contributed by atoms with Crippen molar-refractivity contribution >= 4 is 5.82 Å². The lowest BCUT2D eigenvalue weighted by Gasteiger charge is -2.33. The van der Waals surface area contributed by atoms with Gasteiger partial charge in [-0.05, 0) is 25.2 Å². The number of hydrogen-bond donors (Lipinski definition) is 1. The second kappa shape index (κ2) is 3.15. The molecule has 2 heterocycles. The Labute approximate surface area is 90.6 Å². The van der Waals surface area contributed by atoms with E-state index in [1.54, 1.807) is 6.07 Å². The fourth-order valence-corrected chi connectivity index (χ4v) is 2.35. The smallest absolute Gasteiger partial charge is 0.367 e. The molecule has 0 amide bonds. The standard InChI is InChI=1S/C10H12F3N3/c11-10(12,13)8-5-7(6-1-2-6)15-9-3-4-14-16(8)9/h3-4,6-8,15H,1-2,5H2/t7-,8-/m1/s1. The molecule has 88 valence electrons. The number of nitrogens with zero attached hydrogens (tertiary/aromatic N) is 2. The molecule has 0 bridgehead atoms. The van der Waals surface area contributed by atoms with Gasteiger partial charge in [0.2, 0.25) is 0 Å². The summed E-state index contributed by atoms with van der Waals surface area (Å²) in [5, 5.41) is 6.89. The topological polar surface area (TPSA) is 29.9 Å². The zero-order valence-corrected chi connectivity index (χ0v) is 8.54. The largest absolute Gasteiger partial charge is 0.410 e. The quantitative estimate of drug-likeness (QED) is 0.805. The average molecular weight is 231 g/mol. The fourth-order valence-electron chi connectivity index (χ4n) is 2.35. The van der Waals surface area contributed by atoms with Crippen LogP contribution in [0.2, 0.25) is 0 Å². The molecular weight excluding hydrogens is 219 g/mol. The predicted molar refractivity (Wildman–Crippen MR) is 52.1 cm³/mol. The summed E-state index contributed by atoms with van der Waals surface area (Å²) in [6.45, 7) is 0. The van der Waals surface area contributed by atoms with E-state index >= 15 is 0 Å². The maximum atomic E-state index is 12.9. The van der Waals surface area contributed by atoms with Crippen LogP contribution >= 0.6 is 0 Å². The molecule has 1 fully saturated rings. The van der Waals surface area contributed by atoms with Gasteiger partial charge >= 0.3 is 6.18 Å². The molecule has 3 nitrogen and oxygen atoms in total. The highest BCUT2D eigenvalue weighted by atomic mass is 19.4. The van der Waals surface area contributed by atoms with Gasteiger partial charge in [-0.1, -0.05) is 0 Å². The van der Waals surface area contributed by atoms with Gasteiger partial charge < -0.3 is 5.32 Å². The molecule has 1 aliphatic heterocycles. The Morgan fingerprint density at radius 1 is 1.38 bits per heavy atom. The van der Waals surface area contributed by atoms with E-state index in [2.05, 4.69) is 10.4 Å². The van der Waals surface area contributed by atoms with Crippen LogP contribution in [0.1, 0.15) is 25.3 Å². The van der Waals surface area contributed by atoms with E-state index < -0.39 is 12.2 Å². The minimum absolute atomic E-state index is 0.0455. The van der Waals surface area contributed by atoms with Crippen molar-refractivity contribution in [1.82, 2.24) is 9.78 Å². The highest BCUT2D eigenvalue weighted by Crippen LogP contribution is 2.45. The summed E-state index contributed by atoms with van der Waals surface area (Å²) in [5.74, 6) is 0.902. The van der Waals surface area contributed by atoms with Crippen LogP contribution in [0.3, 0.4) is 0 Å². The molecule has 6 heteroatoms. The predicted octanol–water partition coefficient (Wildman–Crippen LogP) is 2.58. The lowest BCUT2D eigenvalue weighted by molar-refractivity contribution is -0.174. The fraction of sp³-hybridized carbons (Fsp3) is 0.700. The first kappa shape index (κ1) is 9.99. The van der Waals surface area contributed by atoms with Gasteiger partial charge in [-0.3, -0.25) is 0 Å². The second-order valence-corrected chi connectivity index (χ2v) is 4.54. The van der Waals surface area contributed by atoms with Gasteiger partial charge in [-0.15, -0.1) is 0 Å². The summed E-state index contributed by atoms with van der Waals surface area (Å²) in [7, 11) is 0. The van der Waals surface area contributed by atoms with Crippen molar-refractivity contribution in [1.29, 1.82) is 0 Å². The Morgan fingerprint density at radius 2 is 2.12 bits per heavy atom. The summed E-state index contributed by atoms with van der Waals surface area (Å²) in [5.41, 5.74) is 0. The number of anilines is 1. The minimum Gasteiger partial charge on any atom is -0.367 e. The maximum absolute atomic E-state index is 12.9. The van der Waals surface area contributed by atoms with E-state index in [0.29, 0.717) is 11.7 Å². The number of alkyl halides is 3. The van der Waals surface area contributed by atoms with E-state index in [9.17, 15) is 13.2 Å². The third kappa shape index (κ3) is 1.56. The van der Waals surface area contributed by atoms with Gasteiger partial charge in [0.05, 0.1) is 6.20 Å². The van der Waals surface area contributed by atoms with Crippen LogP contribution < -0.4 is 5.32 Å². The zero-order valence-electron chi connectivity index (χ0n) is 8.54. The highest BCUT2D eigenvalue weighted by Gasteiger charge is 2.48. The van der Waals surface area contributed by atoms with Gasteiger partial charge in [0, 0.05) is 12.1 Å². The van der Waals surface area contributed by atoms with Gasteiger partial charge in [0.1, 0.15) is 5.82 Å². The first-order valence-corrected chi connectivity index (χ1v) is 5.42. The maximum Gasteiger partial charge on any atom is 0.410 e. The van der Waals surface area contributed by atoms with Gasteiger partial charge in [-0.2, -0.15) is 18.3 Å². The molecule has 1 aliphatic carbocycles. The van der Waals surface area contributed by atoms with Crippen LogP contribution in [0.5, 0.6) is 0 Å². The summed E-state index contributed by atoms with van der Waals surface area (Å²) < 4.78 is 39.7. The molecule has 0 saturated heterocycles. The summed E-state index contributed by atoms with van der Waals surface area (Å²) >= 11 is 0. The summed E-state index contributed by atoms with van der Waals surface area (Å²) in [6, 6.07) is 0.0907. The Hall–Kier alpha value is -1.20. The van der Waals surface area contributed by atoms with E-state index in [4.69, 9.17) is 0 Å². The van der Waals surface area contributed by atoms with Crippen LogP contribution in [-0.4, -0.2) is 22.0 Å². The molecule has 1 aromatic rings. The van der Waals surface area contributed by atoms with Crippen molar-refractivity contribution in [3.05, 3.63) is 12.3 Å². The van der Waals surface area contributed by atoms with Crippen molar-refractivity contribution in [3.63, 3.8) is 0 Å². The molecule has 1 aromatic heterocycles. The number of fused-ring (bicyclic) bond motifs is 1. The average Bonchev–Trinajstić information content (AvgIpc) is 2.94. The SMILES string of the molecule is FC(F)(F)[C@H]1C[C@H](C2CC2)Nc2ccnn21. The van der Waals surface area contributed by atoms with Crippen LogP contribution in [-0.2, 0) is 0 Å². The number of nitrogens with one attached hydrogen (secondary N) is 1.